The van der Waals surface area contributed by atoms with Crippen LogP contribution < -0.4 is 0 Å². The third-order valence-electron chi connectivity index (χ3n) is 4.58. The molecule has 1 aliphatic heterocycles. The number of carbonyl (C=O) groups excluding carboxylic acids is 1. The van der Waals surface area contributed by atoms with Crippen LogP contribution in [0.3, 0.4) is 0 Å². The molecule has 1 saturated heterocycles. The molecule has 1 aromatic carbocycles. The summed E-state index contributed by atoms with van der Waals surface area (Å²) in [6.07, 6.45) is 1.69. The average Bonchev–Trinajstić information content (AvgIpc) is 3.26. The lowest BCUT2D eigenvalue weighted by Crippen LogP contribution is -2.25. The number of hydrogen-bond donors (Lipinski definition) is 0. The zero-order valence-electron chi connectivity index (χ0n) is 13.2. The molecule has 2 fully saturated rings. The van der Waals surface area contributed by atoms with Gasteiger partial charge in [-0.3, -0.25) is 9.88 Å². The number of aromatic nitrogens is 1. The van der Waals surface area contributed by atoms with Gasteiger partial charge in [0.1, 0.15) is 11.4 Å². The van der Waals surface area contributed by atoms with E-state index in [0.29, 0.717) is 24.2 Å². The van der Waals surface area contributed by atoms with E-state index in [4.69, 9.17) is 4.74 Å². The van der Waals surface area contributed by atoms with Crippen molar-refractivity contribution in [3.05, 3.63) is 53.6 Å². The van der Waals surface area contributed by atoms with E-state index in [1.165, 1.54) is 12.3 Å². The summed E-state index contributed by atoms with van der Waals surface area (Å²) in [7, 11) is 0. The second-order valence-corrected chi connectivity index (χ2v) is 6.53. The molecule has 1 aliphatic carbocycles. The Bertz CT molecular complexity index is 837. The summed E-state index contributed by atoms with van der Waals surface area (Å²) in [4.78, 5) is 17.6. The maximum atomic E-state index is 13.5. The van der Waals surface area contributed by atoms with Crippen LogP contribution in [0.25, 0.3) is 11.1 Å². The van der Waals surface area contributed by atoms with Crippen LogP contribution in [0.5, 0.6) is 0 Å². The number of nitrogens with zero attached hydrogens (tertiary/aromatic N) is 2. The van der Waals surface area contributed by atoms with Crippen LogP contribution in [0.2, 0.25) is 0 Å². The van der Waals surface area contributed by atoms with Crippen LogP contribution in [0, 0.1) is 5.82 Å². The van der Waals surface area contributed by atoms with Crippen LogP contribution in [0.4, 0.5) is 18.0 Å². The lowest BCUT2D eigenvalue weighted by molar-refractivity contribution is 0.122. The molecule has 0 atom stereocenters. The molecule has 0 N–H and O–H groups in total. The van der Waals surface area contributed by atoms with Crippen LogP contribution in [0.15, 0.2) is 36.7 Å². The minimum absolute atomic E-state index is 0.300. The first-order valence-corrected chi connectivity index (χ1v) is 7.96. The number of rotatable bonds is 4. The van der Waals surface area contributed by atoms with Crippen molar-refractivity contribution in [1.29, 1.82) is 0 Å². The van der Waals surface area contributed by atoms with Crippen molar-refractivity contribution in [2.75, 3.05) is 6.54 Å². The Morgan fingerprint density at radius 2 is 2.00 bits per heavy atom. The van der Waals surface area contributed by atoms with Crippen molar-refractivity contribution in [2.45, 2.75) is 31.4 Å². The molecule has 4 rings (SSSR count). The number of halogens is 3. The fourth-order valence-electron chi connectivity index (χ4n) is 3.06. The highest BCUT2D eigenvalue weighted by Crippen LogP contribution is 2.44. The number of carbonyl (C=O) groups is 1. The summed E-state index contributed by atoms with van der Waals surface area (Å²) in [6.45, 7) is 0.895. The van der Waals surface area contributed by atoms with Crippen molar-refractivity contribution in [3.8, 4) is 11.1 Å². The van der Waals surface area contributed by atoms with Gasteiger partial charge < -0.3 is 4.74 Å². The standard InChI is InChI=1S/C18H15F3N2O2/c19-15-2-1-12(6-14(15)16(20)21)13-5-11(7-22-8-13)9-23-10-18(3-4-18)25-17(23)24/h1-2,5-8,16H,3-4,9-10H2. The molecule has 130 valence electrons. The van der Waals surface area contributed by atoms with Crippen molar-refractivity contribution >= 4 is 6.09 Å². The number of pyridine rings is 1. The zero-order valence-corrected chi connectivity index (χ0v) is 13.2. The molecule has 1 saturated carbocycles. The lowest BCUT2D eigenvalue weighted by atomic mass is 10.0. The van der Waals surface area contributed by atoms with Gasteiger partial charge in [-0.1, -0.05) is 6.07 Å². The van der Waals surface area contributed by atoms with Crippen LogP contribution in [-0.4, -0.2) is 28.1 Å². The number of alkyl halides is 2. The molecule has 1 amide bonds. The molecule has 4 nitrogen and oxygen atoms in total. The van der Waals surface area contributed by atoms with Gasteiger partial charge in [0.2, 0.25) is 0 Å². The molecule has 0 bridgehead atoms. The minimum Gasteiger partial charge on any atom is -0.441 e. The highest BCUT2D eigenvalue weighted by atomic mass is 19.3. The molecule has 25 heavy (non-hydrogen) atoms. The Kier molecular flexibility index (Phi) is 3.67. The van der Waals surface area contributed by atoms with Crippen LogP contribution in [0.1, 0.15) is 30.4 Å². The number of ether oxygens (including phenoxy) is 1. The lowest BCUT2D eigenvalue weighted by Gasteiger charge is -2.13. The summed E-state index contributed by atoms with van der Waals surface area (Å²) < 4.78 is 44.6. The SMILES string of the molecule is O=C1OC2(CC2)CN1Cc1cncc(-c2ccc(F)c(C(F)F)c2)c1. The smallest absolute Gasteiger partial charge is 0.410 e. The summed E-state index contributed by atoms with van der Waals surface area (Å²) in [6, 6.07) is 5.36. The molecule has 2 heterocycles. The predicted octanol–water partition coefficient (Wildman–Crippen LogP) is 4.31. The second-order valence-electron chi connectivity index (χ2n) is 6.53. The highest BCUT2D eigenvalue weighted by Gasteiger charge is 2.54. The van der Waals surface area contributed by atoms with Crippen LogP contribution in [-0.2, 0) is 11.3 Å². The van der Waals surface area contributed by atoms with Crippen molar-refractivity contribution in [3.63, 3.8) is 0 Å². The third kappa shape index (κ3) is 3.06. The fraction of sp³-hybridized carbons (Fsp3) is 0.333. The third-order valence-corrected chi connectivity index (χ3v) is 4.58. The normalized spacial score (nSPS) is 18.1. The topological polar surface area (TPSA) is 42.4 Å². The van der Waals surface area contributed by atoms with Gasteiger partial charge in [0.05, 0.1) is 18.7 Å². The largest absolute Gasteiger partial charge is 0.441 e. The Balaban J connectivity index is 1.57. The summed E-state index contributed by atoms with van der Waals surface area (Å²) in [5.74, 6) is -0.933. The Hall–Kier alpha value is -2.57. The first-order chi connectivity index (χ1) is 12.0. The molecule has 2 aromatic rings. The van der Waals surface area contributed by atoms with Gasteiger partial charge in [0.15, 0.2) is 0 Å². The van der Waals surface area contributed by atoms with E-state index in [9.17, 15) is 18.0 Å². The van der Waals surface area contributed by atoms with Gasteiger partial charge in [-0.2, -0.15) is 0 Å². The van der Waals surface area contributed by atoms with E-state index in [0.717, 1.165) is 30.5 Å². The van der Waals surface area contributed by atoms with Crippen molar-refractivity contribution < 1.29 is 22.7 Å². The maximum Gasteiger partial charge on any atom is 0.410 e. The summed E-state index contributed by atoms with van der Waals surface area (Å²) >= 11 is 0. The quantitative estimate of drug-likeness (QED) is 0.827. The van der Waals surface area contributed by atoms with Gasteiger partial charge in [-0.15, -0.1) is 0 Å². The van der Waals surface area contributed by atoms with Gasteiger partial charge >= 0.3 is 6.09 Å². The Labute approximate surface area is 142 Å². The van der Waals surface area contributed by atoms with Gasteiger partial charge in [0.25, 0.3) is 6.43 Å². The second kappa shape index (κ2) is 5.75. The highest BCUT2D eigenvalue weighted by molar-refractivity contribution is 5.71. The minimum atomic E-state index is -2.88. The van der Waals surface area contributed by atoms with Gasteiger partial charge in [0, 0.05) is 18.0 Å². The molecule has 7 heteroatoms. The van der Waals surface area contributed by atoms with Crippen LogP contribution >= 0.6 is 0 Å². The molecule has 0 radical (unpaired) electrons. The maximum absolute atomic E-state index is 13.5. The summed E-state index contributed by atoms with van der Waals surface area (Å²) in [5, 5.41) is 0. The van der Waals surface area contributed by atoms with E-state index in [1.54, 1.807) is 17.2 Å². The van der Waals surface area contributed by atoms with Crippen molar-refractivity contribution in [2.24, 2.45) is 0 Å². The number of amides is 1. The molecular weight excluding hydrogens is 333 g/mol. The summed E-state index contributed by atoms with van der Waals surface area (Å²) in [5.41, 5.74) is 0.865. The number of benzene rings is 1. The first-order valence-electron chi connectivity index (χ1n) is 7.96. The first kappa shape index (κ1) is 15.9. The predicted molar refractivity (Wildman–Crippen MR) is 83.4 cm³/mol. The molecular formula is C18H15F3N2O2. The molecule has 1 aromatic heterocycles. The Morgan fingerprint density at radius 3 is 2.68 bits per heavy atom. The zero-order chi connectivity index (χ0) is 17.6. The van der Waals surface area contributed by atoms with Gasteiger partial charge in [-0.25, -0.2) is 18.0 Å². The monoisotopic (exact) mass is 348 g/mol. The van der Waals surface area contributed by atoms with E-state index in [-0.39, 0.29) is 11.7 Å². The van der Waals surface area contributed by atoms with Crippen molar-refractivity contribution in [1.82, 2.24) is 9.88 Å². The molecule has 1 spiro atoms. The van der Waals surface area contributed by atoms with E-state index in [1.807, 2.05) is 0 Å². The van der Waals surface area contributed by atoms with E-state index < -0.39 is 17.8 Å². The molecule has 2 aliphatic rings. The van der Waals surface area contributed by atoms with E-state index >= 15 is 0 Å². The molecule has 0 unspecified atom stereocenters. The number of hydrogen-bond acceptors (Lipinski definition) is 3. The van der Waals surface area contributed by atoms with E-state index in [2.05, 4.69) is 4.98 Å². The Morgan fingerprint density at radius 1 is 1.20 bits per heavy atom. The van der Waals surface area contributed by atoms with Gasteiger partial charge in [-0.05, 0) is 42.2 Å². The fourth-order valence-corrected chi connectivity index (χ4v) is 3.06. The average molecular weight is 348 g/mol.